The lowest BCUT2D eigenvalue weighted by atomic mass is 10.1. The van der Waals surface area contributed by atoms with E-state index >= 15 is 0 Å². The van der Waals surface area contributed by atoms with Gasteiger partial charge in [0.15, 0.2) is 11.5 Å². The molecule has 5 heteroatoms. The van der Waals surface area contributed by atoms with E-state index in [9.17, 15) is 5.11 Å². The Hall–Kier alpha value is -2.08. The second kappa shape index (κ2) is 11.6. The molecule has 5 nitrogen and oxygen atoms in total. The van der Waals surface area contributed by atoms with Crippen molar-refractivity contribution in [3.8, 4) is 11.5 Å². The van der Waals surface area contributed by atoms with Gasteiger partial charge in [-0.3, -0.25) is 4.90 Å². The second-order valence-corrected chi connectivity index (χ2v) is 6.58. The van der Waals surface area contributed by atoms with Crippen LogP contribution < -0.4 is 9.47 Å². The molecule has 0 spiro atoms. The summed E-state index contributed by atoms with van der Waals surface area (Å²) in [5, 5.41) is 10.6. The molecular formula is C22H31NO4. The maximum Gasteiger partial charge on any atom is 0.165 e. The Labute approximate surface area is 162 Å². The number of nitrogens with zero attached hydrogens (tertiary/aromatic N) is 1. The highest BCUT2D eigenvalue weighted by molar-refractivity contribution is 5.46. The molecule has 0 amide bonds. The molecule has 1 unspecified atom stereocenters. The van der Waals surface area contributed by atoms with E-state index in [0.717, 1.165) is 35.6 Å². The van der Waals surface area contributed by atoms with Gasteiger partial charge in [-0.25, -0.2) is 0 Å². The smallest absolute Gasteiger partial charge is 0.165 e. The molecule has 0 aliphatic rings. The predicted octanol–water partition coefficient (Wildman–Crippen LogP) is 3.15. The van der Waals surface area contributed by atoms with Crippen LogP contribution in [-0.2, 0) is 17.7 Å². The number of aliphatic hydroxyl groups excluding tert-OH is 1. The summed E-state index contributed by atoms with van der Waals surface area (Å²) < 4.78 is 16.2. The first-order valence-electron chi connectivity index (χ1n) is 9.31. The fourth-order valence-corrected chi connectivity index (χ4v) is 3.24. The molecule has 2 rings (SSSR count). The van der Waals surface area contributed by atoms with Crippen molar-refractivity contribution in [2.75, 3.05) is 41.0 Å². The standard InChI is InChI=1S/C22H31NO4/c1-25-14-8-13-23(17-20(24)15-18-9-5-4-6-10-18)16-19-11-7-12-21(26-2)22(19)27-3/h4-7,9-12,20,24H,8,13-17H2,1-3H3. The van der Waals surface area contributed by atoms with Crippen molar-refractivity contribution in [3.05, 3.63) is 59.7 Å². The van der Waals surface area contributed by atoms with Crippen LogP contribution >= 0.6 is 0 Å². The summed E-state index contributed by atoms with van der Waals surface area (Å²) in [4.78, 5) is 2.24. The van der Waals surface area contributed by atoms with E-state index in [4.69, 9.17) is 14.2 Å². The van der Waals surface area contributed by atoms with Gasteiger partial charge in [0.1, 0.15) is 0 Å². The molecule has 148 valence electrons. The third-order valence-corrected chi connectivity index (χ3v) is 4.48. The second-order valence-electron chi connectivity index (χ2n) is 6.58. The van der Waals surface area contributed by atoms with Gasteiger partial charge in [-0.05, 0) is 24.5 Å². The Kier molecular flexibility index (Phi) is 9.11. The van der Waals surface area contributed by atoms with E-state index in [1.165, 1.54) is 0 Å². The zero-order chi connectivity index (χ0) is 19.5. The molecule has 0 radical (unpaired) electrons. The SMILES string of the molecule is COCCCN(Cc1cccc(OC)c1OC)CC(O)Cc1ccccc1. The molecule has 0 heterocycles. The van der Waals surface area contributed by atoms with Crippen LogP contribution in [0.4, 0.5) is 0 Å². The van der Waals surface area contributed by atoms with Crippen molar-refractivity contribution in [1.82, 2.24) is 4.90 Å². The first kappa shape index (κ1) is 21.2. The lowest BCUT2D eigenvalue weighted by Gasteiger charge is -2.26. The Morgan fingerprint density at radius 3 is 2.41 bits per heavy atom. The van der Waals surface area contributed by atoms with Crippen molar-refractivity contribution >= 4 is 0 Å². The summed E-state index contributed by atoms with van der Waals surface area (Å²) in [6, 6.07) is 16.0. The molecule has 0 fully saturated rings. The van der Waals surface area contributed by atoms with Crippen LogP contribution in [0.25, 0.3) is 0 Å². The van der Waals surface area contributed by atoms with E-state index in [1.807, 2.05) is 48.5 Å². The maximum absolute atomic E-state index is 10.6. The Balaban J connectivity index is 2.07. The number of methoxy groups -OCH3 is 3. The number of hydrogen-bond acceptors (Lipinski definition) is 5. The van der Waals surface area contributed by atoms with Gasteiger partial charge < -0.3 is 19.3 Å². The summed E-state index contributed by atoms with van der Waals surface area (Å²) >= 11 is 0. The first-order chi connectivity index (χ1) is 13.2. The van der Waals surface area contributed by atoms with Gasteiger partial charge in [0.05, 0.1) is 20.3 Å². The normalized spacial score (nSPS) is 12.2. The van der Waals surface area contributed by atoms with Crippen molar-refractivity contribution < 1.29 is 19.3 Å². The summed E-state index contributed by atoms with van der Waals surface area (Å²) in [5.41, 5.74) is 2.18. The van der Waals surface area contributed by atoms with Gasteiger partial charge >= 0.3 is 0 Å². The van der Waals surface area contributed by atoms with Crippen LogP contribution in [-0.4, -0.2) is 57.1 Å². The largest absolute Gasteiger partial charge is 0.493 e. The van der Waals surface area contributed by atoms with E-state index in [1.54, 1.807) is 21.3 Å². The Morgan fingerprint density at radius 1 is 0.963 bits per heavy atom. The number of ether oxygens (including phenoxy) is 3. The summed E-state index contributed by atoms with van der Waals surface area (Å²) in [6.07, 6.45) is 1.10. The number of hydrogen-bond donors (Lipinski definition) is 1. The topological polar surface area (TPSA) is 51.2 Å². The van der Waals surface area contributed by atoms with Crippen molar-refractivity contribution in [2.45, 2.75) is 25.5 Å². The first-order valence-corrected chi connectivity index (χ1v) is 9.31. The molecule has 0 aromatic heterocycles. The molecule has 27 heavy (non-hydrogen) atoms. The maximum atomic E-state index is 10.6. The average Bonchev–Trinajstić information content (AvgIpc) is 2.68. The average molecular weight is 373 g/mol. The fraction of sp³-hybridized carbons (Fsp3) is 0.455. The lowest BCUT2D eigenvalue weighted by molar-refractivity contribution is 0.0988. The molecular weight excluding hydrogens is 342 g/mol. The summed E-state index contributed by atoms with van der Waals surface area (Å²) in [7, 11) is 5.00. The quantitative estimate of drug-likeness (QED) is 0.579. The number of aliphatic hydroxyl groups is 1. The van der Waals surface area contributed by atoms with Crippen LogP contribution in [0, 0.1) is 0 Å². The molecule has 0 saturated heterocycles. The number of rotatable bonds is 12. The van der Waals surface area contributed by atoms with Crippen molar-refractivity contribution in [3.63, 3.8) is 0 Å². The monoisotopic (exact) mass is 373 g/mol. The van der Waals surface area contributed by atoms with E-state index < -0.39 is 6.10 Å². The molecule has 0 aliphatic heterocycles. The number of benzene rings is 2. The molecule has 0 saturated carbocycles. The minimum Gasteiger partial charge on any atom is -0.493 e. The third-order valence-electron chi connectivity index (χ3n) is 4.48. The van der Waals surface area contributed by atoms with Gasteiger partial charge in [0.25, 0.3) is 0 Å². The van der Waals surface area contributed by atoms with Crippen molar-refractivity contribution in [2.24, 2.45) is 0 Å². The van der Waals surface area contributed by atoms with E-state index in [2.05, 4.69) is 4.90 Å². The molecule has 1 atom stereocenters. The highest BCUT2D eigenvalue weighted by atomic mass is 16.5. The van der Waals surface area contributed by atoms with Gasteiger partial charge in [-0.1, -0.05) is 42.5 Å². The van der Waals surface area contributed by atoms with Gasteiger partial charge in [0, 0.05) is 38.9 Å². The predicted molar refractivity (Wildman–Crippen MR) is 107 cm³/mol. The summed E-state index contributed by atoms with van der Waals surface area (Å²) in [5.74, 6) is 1.46. The zero-order valence-electron chi connectivity index (χ0n) is 16.6. The van der Waals surface area contributed by atoms with Crippen LogP contribution in [0.1, 0.15) is 17.5 Å². The van der Waals surface area contributed by atoms with Crippen LogP contribution in [0.5, 0.6) is 11.5 Å². The Bertz CT molecular complexity index is 663. The fourth-order valence-electron chi connectivity index (χ4n) is 3.24. The van der Waals surface area contributed by atoms with Gasteiger partial charge in [-0.15, -0.1) is 0 Å². The molecule has 0 bridgehead atoms. The summed E-state index contributed by atoms with van der Waals surface area (Å²) in [6.45, 7) is 2.79. The van der Waals surface area contributed by atoms with Crippen LogP contribution in [0.2, 0.25) is 0 Å². The van der Waals surface area contributed by atoms with Crippen LogP contribution in [0.3, 0.4) is 0 Å². The zero-order valence-corrected chi connectivity index (χ0v) is 16.6. The lowest BCUT2D eigenvalue weighted by Crippen LogP contribution is -2.34. The minimum atomic E-state index is -0.438. The van der Waals surface area contributed by atoms with Crippen molar-refractivity contribution in [1.29, 1.82) is 0 Å². The van der Waals surface area contributed by atoms with E-state index in [0.29, 0.717) is 26.1 Å². The molecule has 2 aromatic carbocycles. The molecule has 0 aliphatic carbocycles. The van der Waals surface area contributed by atoms with Crippen LogP contribution in [0.15, 0.2) is 48.5 Å². The highest BCUT2D eigenvalue weighted by Gasteiger charge is 2.16. The van der Waals surface area contributed by atoms with E-state index in [-0.39, 0.29) is 0 Å². The Morgan fingerprint density at radius 2 is 1.74 bits per heavy atom. The molecule has 2 aromatic rings. The van der Waals surface area contributed by atoms with Gasteiger partial charge in [0.2, 0.25) is 0 Å². The third kappa shape index (κ3) is 6.86. The number of para-hydroxylation sites is 1. The van der Waals surface area contributed by atoms with Gasteiger partial charge in [-0.2, -0.15) is 0 Å². The minimum absolute atomic E-state index is 0.438. The highest BCUT2D eigenvalue weighted by Crippen LogP contribution is 2.31. The molecule has 1 N–H and O–H groups in total.